The van der Waals surface area contributed by atoms with Gasteiger partial charge >= 0.3 is 0 Å². The molecule has 0 unspecified atom stereocenters. The molecule has 0 spiro atoms. The van der Waals surface area contributed by atoms with Crippen LogP contribution in [0.25, 0.3) is 0 Å². The van der Waals surface area contributed by atoms with Crippen molar-refractivity contribution in [2.45, 2.75) is 44.1 Å². The van der Waals surface area contributed by atoms with Crippen LogP contribution in [0.4, 0.5) is 0 Å². The van der Waals surface area contributed by atoms with E-state index in [4.69, 9.17) is 0 Å². The first-order valence-electron chi connectivity index (χ1n) is 5.24. The Balaban J connectivity index is 1.91. The lowest BCUT2D eigenvalue weighted by Gasteiger charge is -2.43. The summed E-state index contributed by atoms with van der Waals surface area (Å²) in [6.07, 6.45) is 7.90. The molecule has 0 aromatic rings. The van der Waals surface area contributed by atoms with Gasteiger partial charge < -0.3 is 10.4 Å². The van der Waals surface area contributed by atoms with E-state index in [1.165, 1.54) is 38.5 Å². The van der Waals surface area contributed by atoms with Crippen LogP contribution >= 0.6 is 0 Å². The maximum atomic E-state index is 10.1. The lowest BCUT2D eigenvalue weighted by atomic mass is 9.78. The lowest BCUT2D eigenvalue weighted by Crippen LogP contribution is -2.63. The normalized spacial score (nSPS) is 30.8. The smallest absolute Gasteiger partial charge is 0.0923 e. The van der Waals surface area contributed by atoms with Gasteiger partial charge in [-0.25, -0.2) is 0 Å². The standard InChI is InChI=1S/C10H19NO/c12-10(7-11-8-10)9-5-3-1-2-4-6-9/h9,11-12H,1-8H2. The SMILES string of the molecule is OC1(C2CCCCCC2)CNC1. The summed E-state index contributed by atoms with van der Waals surface area (Å²) in [4.78, 5) is 0. The number of aliphatic hydroxyl groups is 1. The van der Waals surface area contributed by atoms with Crippen LogP contribution in [0, 0.1) is 5.92 Å². The fourth-order valence-corrected chi connectivity index (χ4v) is 2.49. The average molecular weight is 169 g/mol. The van der Waals surface area contributed by atoms with Gasteiger partial charge in [0, 0.05) is 13.1 Å². The third-order valence-corrected chi connectivity index (χ3v) is 3.48. The van der Waals surface area contributed by atoms with Crippen LogP contribution < -0.4 is 5.32 Å². The highest BCUT2D eigenvalue weighted by Crippen LogP contribution is 2.33. The van der Waals surface area contributed by atoms with Crippen molar-refractivity contribution in [1.82, 2.24) is 5.32 Å². The van der Waals surface area contributed by atoms with Crippen molar-refractivity contribution in [2.75, 3.05) is 13.1 Å². The maximum Gasteiger partial charge on any atom is 0.0923 e. The topological polar surface area (TPSA) is 32.3 Å². The highest BCUT2D eigenvalue weighted by Gasteiger charge is 2.41. The van der Waals surface area contributed by atoms with Crippen LogP contribution in [0.1, 0.15) is 38.5 Å². The van der Waals surface area contributed by atoms with Crippen LogP contribution in [-0.4, -0.2) is 23.8 Å². The zero-order valence-corrected chi connectivity index (χ0v) is 7.68. The molecule has 1 aliphatic heterocycles. The molecule has 0 atom stereocenters. The van der Waals surface area contributed by atoms with E-state index in [-0.39, 0.29) is 5.60 Å². The van der Waals surface area contributed by atoms with Gasteiger partial charge in [-0.05, 0) is 18.8 Å². The molecule has 2 heteroatoms. The molecule has 0 bridgehead atoms. The quantitative estimate of drug-likeness (QED) is 0.580. The molecule has 0 aromatic carbocycles. The third kappa shape index (κ3) is 1.50. The average Bonchev–Trinajstić information content (AvgIpc) is 2.27. The number of β-amino-alcohol motifs (C(OH)–C–C–N with tert-alkyl or cyclic N) is 1. The second-order valence-electron chi connectivity index (χ2n) is 4.40. The van der Waals surface area contributed by atoms with Gasteiger partial charge in [-0.2, -0.15) is 0 Å². The summed E-state index contributed by atoms with van der Waals surface area (Å²) in [5, 5.41) is 13.3. The van der Waals surface area contributed by atoms with Gasteiger partial charge in [-0.3, -0.25) is 0 Å². The molecule has 1 saturated carbocycles. The monoisotopic (exact) mass is 169 g/mol. The Kier molecular flexibility index (Phi) is 2.37. The summed E-state index contributed by atoms with van der Waals surface area (Å²) in [6.45, 7) is 1.66. The van der Waals surface area contributed by atoms with Crippen molar-refractivity contribution in [1.29, 1.82) is 0 Å². The predicted octanol–water partition coefficient (Wildman–Crippen LogP) is 1.29. The van der Waals surface area contributed by atoms with Crippen molar-refractivity contribution in [2.24, 2.45) is 5.92 Å². The minimum absolute atomic E-state index is 0.329. The van der Waals surface area contributed by atoms with Crippen molar-refractivity contribution in [3.8, 4) is 0 Å². The molecule has 0 radical (unpaired) electrons. The zero-order chi connectivity index (χ0) is 8.44. The Bertz CT molecular complexity index is 146. The van der Waals surface area contributed by atoms with Crippen molar-refractivity contribution >= 4 is 0 Å². The Morgan fingerprint density at radius 3 is 2.00 bits per heavy atom. The Morgan fingerprint density at radius 2 is 1.58 bits per heavy atom. The highest BCUT2D eigenvalue weighted by molar-refractivity contribution is 4.98. The van der Waals surface area contributed by atoms with E-state index in [1.807, 2.05) is 0 Å². The summed E-state index contributed by atoms with van der Waals surface area (Å²) < 4.78 is 0. The lowest BCUT2D eigenvalue weighted by molar-refractivity contribution is -0.0664. The summed E-state index contributed by atoms with van der Waals surface area (Å²) in [6, 6.07) is 0. The molecule has 1 aliphatic carbocycles. The number of hydrogen-bond acceptors (Lipinski definition) is 2. The molecular weight excluding hydrogens is 150 g/mol. The van der Waals surface area contributed by atoms with Crippen molar-refractivity contribution in [3.63, 3.8) is 0 Å². The second-order valence-corrected chi connectivity index (χ2v) is 4.40. The molecule has 12 heavy (non-hydrogen) atoms. The van der Waals surface area contributed by atoms with Gasteiger partial charge in [0.1, 0.15) is 0 Å². The molecule has 70 valence electrons. The molecule has 2 aliphatic rings. The summed E-state index contributed by atoms with van der Waals surface area (Å²) in [5.74, 6) is 0.584. The van der Waals surface area contributed by atoms with Crippen LogP contribution in [-0.2, 0) is 0 Å². The van der Waals surface area contributed by atoms with Gasteiger partial charge in [-0.1, -0.05) is 25.7 Å². The van der Waals surface area contributed by atoms with E-state index in [9.17, 15) is 5.11 Å². The third-order valence-electron chi connectivity index (χ3n) is 3.48. The Morgan fingerprint density at radius 1 is 1.00 bits per heavy atom. The Labute approximate surface area is 74.4 Å². The Hall–Kier alpha value is -0.0800. The minimum atomic E-state index is -0.329. The van der Waals surface area contributed by atoms with Crippen LogP contribution in [0.3, 0.4) is 0 Å². The van der Waals surface area contributed by atoms with E-state index in [0.29, 0.717) is 5.92 Å². The number of nitrogens with one attached hydrogen (secondary N) is 1. The molecule has 1 saturated heterocycles. The minimum Gasteiger partial charge on any atom is -0.387 e. The second kappa shape index (κ2) is 3.35. The van der Waals surface area contributed by atoms with Gasteiger partial charge in [0.05, 0.1) is 5.60 Å². The summed E-state index contributed by atoms with van der Waals surface area (Å²) >= 11 is 0. The van der Waals surface area contributed by atoms with Gasteiger partial charge in [0.2, 0.25) is 0 Å². The van der Waals surface area contributed by atoms with Crippen molar-refractivity contribution < 1.29 is 5.11 Å². The van der Waals surface area contributed by atoms with E-state index < -0.39 is 0 Å². The van der Waals surface area contributed by atoms with Gasteiger partial charge in [0.15, 0.2) is 0 Å². The van der Waals surface area contributed by atoms with Crippen LogP contribution in [0.2, 0.25) is 0 Å². The summed E-state index contributed by atoms with van der Waals surface area (Å²) in [7, 11) is 0. The molecule has 2 rings (SSSR count). The first kappa shape index (κ1) is 8.52. The molecule has 1 heterocycles. The maximum absolute atomic E-state index is 10.1. The van der Waals surface area contributed by atoms with Gasteiger partial charge in [-0.15, -0.1) is 0 Å². The first-order valence-corrected chi connectivity index (χ1v) is 5.24. The molecule has 0 amide bonds. The number of hydrogen-bond donors (Lipinski definition) is 2. The fourth-order valence-electron chi connectivity index (χ4n) is 2.49. The number of rotatable bonds is 1. The van der Waals surface area contributed by atoms with E-state index >= 15 is 0 Å². The molecule has 2 fully saturated rings. The molecular formula is C10H19NO. The molecule has 0 aromatic heterocycles. The molecule has 2 nitrogen and oxygen atoms in total. The van der Waals surface area contributed by atoms with Gasteiger partial charge in [0.25, 0.3) is 0 Å². The highest BCUT2D eigenvalue weighted by atomic mass is 16.3. The fraction of sp³-hybridized carbons (Fsp3) is 1.00. The van der Waals surface area contributed by atoms with E-state index in [0.717, 1.165) is 13.1 Å². The van der Waals surface area contributed by atoms with E-state index in [2.05, 4.69) is 5.32 Å². The first-order chi connectivity index (χ1) is 5.81. The zero-order valence-electron chi connectivity index (χ0n) is 7.68. The van der Waals surface area contributed by atoms with Crippen LogP contribution in [0.5, 0.6) is 0 Å². The summed E-state index contributed by atoms with van der Waals surface area (Å²) in [5.41, 5.74) is -0.329. The van der Waals surface area contributed by atoms with E-state index in [1.54, 1.807) is 0 Å². The van der Waals surface area contributed by atoms with Crippen LogP contribution in [0.15, 0.2) is 0 Å². The largest absolute Gasteiger partial charge is 0.387 e. The van der Waals surface area contributed by atoms with Crippen molar-refractivity contribution in [3.05, 3.63) is 0 Å². The predicted molar refractivity (Wildman–Crippen MR) is 49.0 cm³/mol. The molecule has 2 N–H and O–H groups in total.